The molecule has 0 radical (unpaired) electrons. The smallest absolute Gasteiger partial charge is 0.0935 e. The van der Waals surface area contributed by atoms with Crippen LogP contribution in [0.3, 0.4) is 0 Å². The van der Waals surface area contributed by atoms with Crippen LogP contribution in [-0.2, 0) is 6.42 Å². The molecule has 1 heterocycles. The summed E-state index contributed by atoms with van der Waals surface area (Å²) in [5, 5.41) is 10.6. The molecule has 0 bridgehead atoms. The highest BCUT2D eigenvalue weighted by Crippen LogP contribution is 2.25. The van der Waals surface area contributed by atoms with Gasteiger partial charge in [0.25, 0.3) is 0 Å². The summed E-state index contributed by atoms with van der Waals surface area (Å²) in [6, 6.07) is 5.97. The summed E-state index contributed by atoms with van der Waals surface area (Å²) >= 11 is 1.72. The lowest BCUT2D eigenvalue weighted by Gasteiger charge is -2.02. The molecule has 74 valence electrons. The highest BCUT2D eigenvalue weighted by Gasteiger charge is 2.05. The number of aliphatic hydroxyl groups excluding tert-OH is 1. The summed E-state index contributed by atoms with van der Waals surface area (Å²) in [6.45, 7) is 3.88. The average Bonchev–Trinajstić information content (AvgIpc) is 2.58. The SMILES string of the molecule is CCc1nc2cc(C(C)O)ccc2s1. The van der Waals surface area contributed by atoms with Crippen molar-refractivity contribution in [2.45, 2.75) is 26.4 Å². The third-order valence-electron chi connectivity index (χ3n) is 2.24. The standard InChI is InChI=1S/C11H13NOS/c1-3-11-12-9-6-8(7(2)13)4-5-10(9)14-11/h4-7,13H,3H2,1-2H3. The van der Waals surface area contributed by atoms with Crippen LogP contribution in [-0.4, -0.2) is 10.1 Å². The van der Waals surface area contributed by atoms with E-state index in [1.807, 2.05) is 18.2 Å². The number of fused-ring (bicyclic) bond motifs is 1. The Morgan fingerprint density at radius 2 is 2.29 bits per heavy atom. The van der Waals surface area contributed by atoms with E-state index in [1.165, 1.54) is 4.70 Å². The van der Waals surface area contributed by atoms with Gasteiger partial charge in [0.1, 0.15) is 0 Å². The molecular formula is C11H13NOS. The molecule has 2 rings (SSSR count). The fourth-order valence-corrected chi connectivity index (χ4v) is 2.29. The van der Waals surface area contributed by atoms with Crippen molar-refractivity contribution in [1.29, 1.82) is 0 Å². The molecule has 0 saturated carbocycles. The number of benzene rings is 1. The molecule has 1 aromatic carbocycles. The average molecular weight is 207 g/mol. The van der Waals surface area contributed by atoms with E-state index >= 15 is 0 Å². The van der Waals surface area contributed by atoms with E-state index in [4.69, 9.17) is 0 Å². The summed E-state index contributed by atoms with van der Waals surface area (Å²) in [6.07, 6.45) is 0.565. The molecule has 0 amide bonds. The number of nitrogens with zero attached hydrogens (tertiary/aromatic N) is 1. The Labute approximate surface area is 87.2 Å². The van der Waals surface area contributed by atoms with E-state index in [-0.39, 0.29) is 0 Å². The van der Waals surface area contributed by atoms with Gasteiger partial charge in [-0.15, -0.1) is 11.3 Å². The van der Waals surface area contributed by atoms with Crippen molar-refractivity contribution in [2.24, 2.45) is 0 Å². The van der Waals surface area contributed by atoms with Crippen molar-refractivity contribution >= 4 is 21.6 Å². The van der Waals surface area contributed by atoms with E-state index in [0.717, 1.165) is 22.5 Å². The molecule has 14 heavy (non-hydrogen) atoms. The van der Waals surface area contributed by atoms with Crippen molar-refractivity contribution in [3.05, 3.63) is 28.8 Å². The first-order chi connectivity index (χ1) is 6.70. The Hall–Kier alpha value is -0.930. The lowest BCUT2D eigenvalue weighted by atomic mass is 10.1. The predicted molar refractivity (Wildman–Crippen MR) is 59.6 cm³/mol. The molecule has 2 aromatic rings. The minimum atomic E-state index is -0.411. The fourth-order valence-electron chi connectivity index (χ4n) is 1.40. The lowest BCUT2D eigenvalue weighted by molar-refractivity contribution is 0.199. The first-order valence-corrected chi connectivity index (χ1v) is 5.59. The number of aryl methyl sites for hydroxylation is 1. The third-order valence-corrected chi connectivity index (χ3v) is 3.42. The highest BCUT2D eigenvalue weighted by molar-refractivity contribution is 7.18. The molecule has 0 fully saturated rings. The van der Waals surface area contributed by atoms with Gasteiger partial charge in [0.2, 0.25) is 0 Å². The highest BCUT2D eigenvalue weighted by atomic mass is 32.1. The Balaban J connectivity index is 2.54. The van der Waals surface area contributed by atoms with E-state index in [0.29, 0.717) is 0 Å². The van der Waals surface area contributed by atoms with Crippen LogP contribution in [0, 0.1) is 0 Å². The van der Waals surface area contributed by atoms with Gasteiger partial charge in [-0.25, -0.2) is 4.98 Å². The summed E-state index contributed by atoms with van der Waals surface area (Å²) in [7, 11) is 0. The van der Waals surface area contributed by atoms with Crippen molar-refractivity contribution in [2.75, 3.05) is 0 Å². The molecule has 1 unspecified atom stereocenters. The van der Waals surface area contributed by atoms with Crippen LogP contribution >= 0.6 is 11.3 Å². The van der Waals surface area contributed by atoms with Gasteiger partial charge < -0.3 is 5.11 Å². The largest absolute Gasteiger partial charge is 0.389 e. The Bertz CT molecular complexity index is 447. The van der Waals surface area contributed by atoms with Gasteiger partial charge in [-0.05, 0) is 31.0 Å². The molecule has 1 N–H and O–H groups in total. The zero-order valence-corrected chi connectivity index (χ0v) is 9.14. The van der Waals surface area contributed by atoms with E-state index in [1.54, 1.807) is 18.3 Å². The van der Waals surface area contributed by atoms with Crippen LogP contribution in [0.5, 0.6) is 0 Å². The molecular weight excluding hydrogens is 194 g/mol. The van der Waals surface area contributed by atoms with Crippen LogP contribution in [0.4, 0.5) is 0 Å². The molecule has 0 spiro atoms. The maximum Gasteiger partial charge on any atom is 0.0935 e. The predicted octanol–water partition coefficient (Wildman–Crippen LogP) is 2.91. The summed E-state index contributed by atoms with van der Waals surface area (Å²) in [5.41, 5.74) is 1.94. The lowest BCUT2D eigenvalue weighted by Crippen LogP contribution is -1.89. The zero-order chi connectivity index (χ0) is 10.1. The van der Waals surface area contributed by atoms with E-state index < -0.39 is 6.10 Å². The first-order valence-electron chi connectivity index (χ1n) is 4.78. The van der Waals surface area contributed by atoms with Gasteiger partial charge in [-0.2, -0.15) is 0 Å². The topological polar surface area (TPSA) is 33.1 Å². The van der Waals surface area contributed by atoms with Crippen LogP contribution < -0.4 is 0 Å². The minimum Gasteiger partial charge on any atom is -0.389 e. The van der Waals surface area contributed by atoms with E-state index in [9.17, 15) is 5.11 Å². The number of rotatable bonds is 2. The molecule has 0 aliphatic carbocycles. The van der Waals surface area contributed by atoms with Gasteiger partial charge in [0.05, 0.1) is 21.3 Å². The summed E-state index contributed by atoms with van der Waals surface area (Å²) < 4.78 is 1.20. The number of thiazole rings is 1. The van der Waals surface area contributed by atoms with Crippen molar-refractivity contribution < 1.29 is 5.11 Å². The van der Waals surface area contributed by atoms with Gasteiger partial charge in [0.15, 0.2) is 0 Å². The zero-order valence-electron chi connectivity index (χ0n) is 8.32. The molecule has 0 saturated heterocycles. The second-order valence-electron chi connectivity index (χ2n) is 3.36. The number of hydrogen-bond donors (Lipinski definition) is 1. The van der Waals surface area contributed by atoms with E-state index in [2.05, 4.69) is 11.9 Å². The molecule has 0 aliphatic rings. The van der Waals surface area contributed by atoms with Gasteiger partial charge in [0, 0.05) is 0 Å². The van der Waals surface area contributed by atoms with Crippen molar-refractivity contribution in [3.63, 3.8) is 0 Å². The normalized spacial score (nSPS) is 13.4. The van der Waals surface area contributed by atoms with Crippen LogP contribution in [0.15, 0.2) is 18.2 Å². The summed E-state index contributed by atoms with van der Waals surface area (Å²) in [4.78, 5) is 4.48. The number of aromatic nitrogens is 1. The van der Waals surface area contributed by atoms with Gasteiger partial charge >= 0.3 is 0 Å². The molecule has 1 aromatic heterocycles. The minimum absolute atomic E-state index is 0.411. The fraction of sp³-hybridized carbons (Fsp3) is 0.364. The maximum atomic E-state index is 9.42. The maximum absolute atomic E-state index is 9.42. The van der Waals surface area contributed by atoms with Gasteiger partial charge in [-0.3, -0.25) is 0 Å². The van der Waals surface area contributed by atoms with Crippen LogP contribution in [0.1, 0.15) is 30.5 Å². The number of aliphatic hydroxyl groups is 1. The van der Waals surface area contributed by atoms with Crippen molar-refractivity contribution in [3.8, 4) is 0 Å². The molecule has 0 aliphatic heterocycles. The quantitative estimate of drug-likeness (QED) is 0.821. The Morgan fingerprint density at radius 1 is 1.50 bits per heavy atom. The second-order valence-corrected chi connectivity index (χ2v) is 4.48. The van der Waals surface area contributed by atoms with Gasteiger partial charge in [-0.1, -0.05) is 13.0 Å². The molecule has 3 heteroatoms. The molecule has 2 nitrogen and oxygen atoms in total. The number of hydrogen-bond acceptors (Lipinski definition) is 3. The Kier molecular flexibility index (Phi) is 2.52. The summed E-state index contributed by atoms with van der Waals surface area (Å²) in [5.74, 6) is 0. The van der Waals surface area contributed by atoms with Crippen molar-refractivity contribution in [1.82, 2.24) is 4.98 Å². The monoisotopic (exact) mass is 207 g/mol. The second kappa shape index (κ2) is 3.67. The van der Waals surface area contributed by atoms with Crippen LogP contribution in [0.2, 0.25) is 0 Å². The third kappa shape index (κ3) is 1.65. The Morgan fingerprint density at radius 3 is 2.93 bits per heavy atom. The first kappa shape index (κ1) is 9.62. The van der Waals surface area contributed by atoms with Crippen LogP contribution in [0.25, 0.3) is 10.2 Å². The molecule has 1 atom stereocenters.